The zero-order valence-corrected chi connectivity index (χ0v) is 21.6. The summed E-state index contributed by atoms with van der Waals surface area (Å²) in [5.74, 6) is -4.82. The number of amides is 2. The van der Waals surface area contributed by atoms with E-state index in [0.717, 1.165) is 0 Å². The minimum Gasteiger partial charge on any atom is -0.450 e. The van der Waals surface area contributed by atoms with E-state index < -0.39 is 41.8 Å². The average molecular weight is 557 g/mol. The number of alkyl halides is 3. The van der Waals surface area contributed by atoms with Gasteiger partial charge in [0.05, 0.1) is 6.04 Å². The van der Waals surface area contributed by atoms with Gasteiger partial charge in [-0.25, -0.2) is 0 Å². The molecule has 0 saturated heterocycles. The van der Waals surface area contributed by atoms with E-state index in [0.29, 0.717) is 32.7 Å². The number of nitrogens with one attached hydrogen (secondary N) is 2. The molecule has 4 rings (SSSR count). The molecule has 202 valence electrons. The van der Waals surface area contributed by atoms with Crippen molar-refractivity contribution in [3.8, 4) is 11.1 Å². The molecule has 0 aliphatic rings. The van der Waals surface area contributed by atoms with Gasteiger partial charge in [-0.1, -0.05) is 86.1 Å². The number of hydrogen-bond donors (Lipinski definition) is 2. The molecule has 0 fully saturated rings. The summed E-state index contributed by atoms with van der Waals surface area (Å²) in [4.78, 5) is 39.0. The first kappa shape index (κ1) is 27.9. The van der Waals surface area contributed by atoms with Crippen molar-refractivity contribution in [1.29, 1.82) is 0 Å². The van der Waals surface area contributed by atoms with E-state index in [4.69, 9.17) is 16.0 Å². The molecule has 2 amide bonds. The maximum atomic E-state index is 13.6. The molecule has 4 aromatic rings. The third-order valence-corrected chi connectivity index (χ3v) is 6.35. The molecule has 0 saturated carbocycles. The maximum Gasteiger partial charge on any atom is 0.452 e. The molecule has 0 aliphatic carbocycles. The van der Waals surface area contributed by atoms with Crippen molar-refractivity contribution in [2.45, 2.75) is 32.1 Å². The zero-order valence-electron chi connectivity index (χ0n) is 20.9. The number of halogens is 4. The summed E-state index contributed by atoms with van der Waals surface area (Å²) >= 11 is 6.12. The van der Waals surface area contributed by atoms with Gasteiger partial charge in [0.15, 0.2) is 0 Å². The van der Waals surface area contributed by atoms with Crippen molar-refractivity contribution >= 4 is 40.2 Å². The van der Waals surface area contributed by atoms with E-state index >= 15 is 0 Å². The normalized spacial score (nSPS) is 13.2. The molecule has 1 heterocycles. The second-order valence-electron chi connectivity index (χ2n) is 9.22. The maximum absolute atomic E-state index is 13.6. The van der Waals surface area contributed by atoms with E-state index in [1.54, 1.807) is 60.7 Å². The van der Waals surface area contributed by atoms with Crippen LogP contribution in [0, 0.1) is 5.92 Å². The van der Waals surface area contributed by atoms with Crippen LogP contribution in [0.1, 0.15) is 36.0 Å². The van der Waals surface area contributed by atoms with Crippen LogP contribution in [0.2, 0.25) is 5.02 Å². The van der Waals surface area contributed by atoms with Crippen molar-refractivity contribution < 1.29 is 32.0 Å². The summed E-state index contributed by atoms with van der Waals surface area (Å²) in [6.45, 7) is 2.77. The van der Waals surface area contributed by atoms with Gasteiger partial charge in [-0.2, -0.15) is 13.2 Å². The molecule has 1 aromatic heterocycles. The number of fused-ring (bicyclic) bond motifs is 1. The average Bonchev–Trinajstić information content (AvgIpc) is 3.28. The molecule has 2 atom stereocenters. The number of rotatable bonds is 8. The van der Waals surface area contributed by atoms with Crippen LogP contribution in [0.5, 0.6) is 0 Å². The first-order valence-corrected chi connectivity index (χ1v) is 12.4. The van der Waals surface area contributed by atoms with Crippen molar-refractivity contribution in [2.75, 3.05) is 0 Å². The van der Waals surface area contributed by atoms with Gasteiger partial charge in [-0.3, -0.25) is 14.4 Å². The first-order chi connectivity index (χ1) is 18.5. The monoisotopic (exact) mass is 556 g/mol. The van der Waals surface area contributed by atoms with E-state index in [1.165, 1.54) is 26.0 Å². The Morgan fingerprint density at radius 2 is 1.49 bits per heavy atom. The molecular formula is C29H24ClF3N2O4. The molecule has 10 heteroatoms. The van der Waals surface area contributed by atoms with E-state index in [-0.39, 0.29) is 5.76 Å². The van der Waals surface area contributed by atoms with Gasteiger partial charge in [0.25, 0.3) is 11.7 Å². The molecule has 0 radical (unpaired) electrons. The highest BCUT2D eigenvalue weighted by molar-refractivity contribution is 6.31. The minimum absolute atomic E-state index is 0.112. The summed E-state index contributed by atoms with van der Waals surface area (Å²) in [5.41, 5.74) is 1.76. The number of carbonyl (C=O) groups excluding carboxylic acids is 3. The second kappa shape index (κ2) is 11.3. The Bertz CT molecular complexity index is 1500. The Kier molecular flexibility index (Phi) is 8.11. The van der Waals surface area contributed by atoms with Crippen molar-refractivity contribution in [3.63, 3.8) is 0 Å². The highest BCUT2D eigenvalue weighted by atomic mass is 35.5. The van der Waals surface area contributed by atoms with Gasteiger partial charge in [-0.15, -0.1) is 0 Å². The Morgan fingerprint density at radius 3 is 2.08 bits per heavy atom. The third kappa shape index (κ3) is 6.15. The fourth-order valence-corrected chi connectivity index (χ4v) is 4.37. The Morgan fingerprint density at radius 1 is 0.872 bits per heavy atom. The SMILES string of the molecule is CC(C)[C@H](NC(=O)[C@@H](NC(=O)c1oc2cc(Cl)ccc2c1-c1ccccc1)c1ccccc1)C(=O)C(F)(F)F. The van der Waals surface area contributed by atoms with Crippen LogP contribution in [0.25, 0.3) is 22.1 Å². The Balaban J connectivity index is 1.73. The second-order valence-corrected chi connectivity index (χ2v) is 9.66. The number of benzene rings is 3. The molecule has 2 N–H and O–H groups in total. The highest BCUT2D eigenvalue weighted by Gasteiger charge is 2.45. The van der Waals surface area contributed by atoms with E-state index in [9.17, 15) is 27.6 Å². The molecule has 0 aliphatic heterocycles. The largest absolute Gasteiger partial charge is 0.452 e. The molecule has 0 bridgehead atoms. The molecule has 6 nitrogen and oxygen atoms in total. The summed E-state index contributed by atoms with van der Waals surface area (Å²) in [5, 5.41) is 5.77. The number of furan rings is 1. The number of ketones is 1. The van der Waals surface area contributed by atoms with Gasteiger partial charge in [0.2, 0.25) is 11.7 Å². The van der Waals surface area contributed by atoms with Gasteiger partial charge in [0, 0.05) is 22.0 Å². The predicted molar refractivity (Wildman–Crippen MR) is 141 cm³/mol. The Hall–Kier alpha value is -4.11. The summed E-state index contributed by atoms with van der Waals surface area (Å²) in [6.07, 6.45) is -5.14. The fraction of sp³-hybridized carbons (Fsp3) is 0.207. The lowest BCUT2D eigenvalue weighted by Gasteiger charge is -2.25. The molecular weight excluding hydrogens is 533 g/mol. The molecule has 39 heavy (non-hydrogen) atoms. The van der Waals surface area contributed by atoms with Gasteiger partial charge < -0.3 is 15.1 Å². The fourth-order valence-electron chi connectivity index (χ4n) is 4.21. The highest BCUT2D eigenvalue weighted by Crippen LogP contribution is 2.36. The van der Waals surface area contributed by atoms with Crippen LogP contribution < -0.4 is 10.6 Å². The lowest BCUT2D eigenvalue weighted by atomic mass is 9.97. The van der Waals surface area contributed by atoms with E-state index in [1.807, 2.05) is 6.07 Å². The van der Waals surface area contributed by atoms with Crippen LogP contribution in [0.4, 0.5) is 13.2 Å². The van der Waals surface area contributed by atoms with Crippen LogP contribution in [0.3, 0.4) is 0 Å². The van der Waals surface area contributed by atoms with Crippen LogP contribution in [-0.2, 0) is 9.59 Å². The van der Waals surface area contributed by atoms with Crippen molar-refractivity contribution in [1.82, 2.24) is 10.6 Å². The number of hydrogen-bond acceptors (Lipinski definition) is 4. The molecule has 0 unspecified atom stereocenters. The van der Waals surface area contributed by atoms with Gasteiger partial charge >= 0.3 is 6.18 Å². The van der Waals surface area contributed by atoms with Crippen LogP contribution in [0.15, 0.2) is 83.3 Å². The molecule has 3 aromatic carbocycles. The first-order valence-electron chi connectivity index (χ1n) is 12.0. The van der Waals surface area contributed by atoms with E-state index in [2.05, 4.69) is 10.6 Å². The molecule has 0 spiro atoms. The van der Waals surface area contributed by atoms with Crippen LogP contribution in [-0.4, -0.2) is 29.8 Å². The predicted octanol–water partition coefficient (Wildman–Crippen LogP) is 6.50. The van der Waals surface area contributed by atoms with Gasteiger partial charge in [0.1, 0.15) is 11.6 Å². The lowest BCUT2D eigenvalue weighted by molar-refractivity contribution is -0.175. The zero-order chi connectivity index (χ0) is 28.3. The van der Waals surface area contributed by atoms with Crippen molar-refractivity contribution in [2.24, 2.45) is 5.92 Å². The third-order valence-electron chi connectivity index (χ3n) is 6.12. The standard InChI is InChI=1S/C29H24ClF3N2O4/c1-16(2)23(26(36)29(31,32)33)34-27(37)24(18-11-7-4-8-12-18)35-28(38)25-22(17-9-5-3-6-10-17)20-14-13-19(30)15-21(20)39-25/h3-16,23-24H,1-2H3,(H,34,37)(H,35,38)/t23-,24-/m0/s1. The number of Topliss-reactive ketones (excluding diaryl/α,β-unsaturated/α-hetero) is 1. The summed E-state index contributed by atoms with van der Waals surface area (Å²) < 4.78 is 45.5. The lowest BCUT2D eigenvalue weighted by Crippen LogP contribution is -2.52. The Labute approximate surface area is 227 Å². The topological polar surface area (TPSA) is 88.4 Å². The summed E-state index contributed by atoms with van der Waals surface area (Å²) in [7, 11) is 0. The number of carbonyl (C=O) groups is 3. The van der Waals surface area contributed by atoms with Crippen molar-refractivity contribution in [3.05, 3.63) is 95.2 Å². The van der Waals surface area contributed by atoms with Crippen LogP contribution >= 0.6 is 11.6 Å². The smallest absolute Gasteiger partial charge is 0.450 e. The van der Waals surface area contributed by atoms with Gasteiger partial charge in [-0.05, 0) is 29.2 Å². The summed E-state index contributed by atoms with van der Waals surface area (Å²) in [6, 6.07) is 18.6. The minimum atomic E-state index is -5.14. The quantitative estimate of drug-likeness (QED) is 0.259.